The molecule has 0 radical (unpaired) electrons. The van der Waals surface area contributed by atoms with Gasteiger partial charge in [-0.1, -0.05) is 17.7 Å². The van der Waals surface area contributed by atoms with Gasteiger partial charge >= 0.3 is 5.97 Å². The summed E-state index contributed by atoms with van der Waals surface area (Å²) in [5, 5.41) is 12.2. The molecule has 7 nitrogen and oxygen atoms in total. The maximum atomic E-state index is 12.3. The highest BCUT2D eigenvalue weighted by Gasteiger charge is 2.13. The van der Waals surface area contributed by atoms with E-state index >= 15 is 0 Å². The molecule has 4 aromatic rings. The van der Waals surface area contributed by atoms with Crippen LogP contribution in [-0.2, 0) is 11.3 Å². The largest absolute Gasteiger partial charge is 0.452 e. The van der Waals surface area contributed by atoms with Crippen LogP contribution in [0.3, 0.4) is 0 Å². The van der Waals surface area contributed by atoms with E-state index in [9.17, 15) is 4.79 Å². The zero-order valence-electron chi connectivity index (χ0n) is 15.5. The third-order valence-electron chi connectivity index (χ3n) is 4.24. The molecule has 0 amide bonds. The van der Waals surface area contributed by atoms with Crippen LogP contribution in [0.25, 0.3) is 17.1 Å². The van der Waals surface area contributed by atoms with Gasteiger partial charge in [-0.05, 0) is 56.3 Å². The Morgan fingerprint density at radius 1 is 1.07 bits per heavy atom. The number of carbonyl (C=O) groups is 1. The first-order valence-electron chi connectivity index (χ1n) is 8.78. The van der Waals surface area contributed by atoms with E-state index < -0.39 is 5.97 Å². The molecule has 0 saturated carbocycles. The molecular formula is C21H18N4O3. The Hall–Kier alpha value is -3.74. The highest BCUT2D eigenvalue weighted by Crippen LogP contribution is 2.19. The number of carbonyl (C=O) groups excluding carboxylic acids is 1. The minimum Gasteiger partial charge on any atom is -0.452 e. The Morgan fingerprint density at radius 3 is 2.61 bits per heavy atom. The van der Waals surface area contributed by atoms with Gasteiger partial charge in [-0.2, -0.15) is 5.10 Å². The number of esters is 1. The Morgan fingerprint density at radius 2 is 1.89 bits per heavy atom. The average molecular weight is 374 g/mol. The van der Waals surface area contributed by atoms with E-state index in [1.807, 2.05) is 56.3 Å². The number of rotatable bonds is 5. The monoisotopic (exact) mass is 374 g/mol. The van der Waals surface area contributed by atoms with Crippen LogP contribution < -0.4 is 0 Å². The van der Waals surface area contributed by atoms with Crippen molar-refractivity contribution in [2.45, 2.75) is 20.5 Å². The van der Waals surface area contributed by atoms with Crippen molar-refractivity contribution in [3.63, 3.8) is 0 Å². The van der Waals surface area contributed by atoms with Gasteiger partial charge in [0.05, 0.1) is 11.3 Å². The molecule has 0 unspecified atom stereocenters. The van der Waals surface area contributed by atoms with Crippen molar-refractivity contribution in [3.8, 4) is 17.1 Å². The van der Waals surface area contributed by atoms with Crippen molar-refractivity contribution in [3.05, 3.63) is 83.5 Å². The minimum absolute atomic E-state index is 0.0857. The smallest absolute Gasteiger partial charge is 0.338 e. The molecule has 0 aliphatic rings. The summed E-state index contributed by atoms with van der Waals surface area (Å²) in [4.78, 5) is 12.3. The summed E-state index contributed by atoms with van der Waals surface area (Å²) in [6.07, 6.45) is 1.73. The normalized spacial score (nSPS) is 10.8. The predicted molar refractivity (Wildman–Crippen MR) is 102 cm³/mol. The zero-order chi connectivity index (χ0) is 19.5. The third-order valence-corrected chi connectivity index (χ3v) is 4.24. The summed E-state index contributed by atoms with van der Waals surface area (Å²) in [5.74, 6) is 0.182. The molecule has 0 saturated heterocycles. The van der Waals surface area contributed by atoms with E-state index in [1.54, 1.807) is 23.0 Å². The van der Waals surface area contributed by atoms with Crippen LogP contribution in [-0.4, -0.2) is 25.9 Å². The molecule has 28 heavy (non-hydrogen) atoms. The SMILES string of the molecule is Cc1cccc(-c2nnc(COC(=O)c3ccc(-n4nccc4C)cc3)o2)c1. The van der Waals surface area contributed by atoms with Crippen LogP contribution in [0.5, 0.6) is 0 Å². The van der Waals surface area contributed by atoms with E-state index in [2.05, 4.69) is 15.3 Å². The van der Waals surface area contributed by atoms with E-state index in [0.29, 0.717) is 11.5 Å². The van der Waals surface area contributed by atoms with Gasteiger partial charge in [0.2, 0.25) is 5.89 Å². The molecule has 4 rings (SSSR count). The molecule has 2 aromatic heterocycles. The quantitative estimate of drug-likeness (QED) is 0.493. The lowest BCUT2D eigenvalue weighted by Crippen LogP contribution is -2.06. The molecule has 0 fully saturated rings. The molecule has 140 valence electrons. The van der Waals surface area contributed by atoms with Crippen molar-refractivity contribution in [1.82, 2.24) is 20.0 Å². The van der Waals surface area contributed by atoms with Crippen LogP contribution in [0.15, 0.2) is 65.2 Å². The number of ether oxygens (including phenoxy) is 1. The number of benzene rings is 2. The van der Waals surface area contributed by atoms with Crippen LogP contribution in [0.4, 0.5) is 0 Å². The number of nitrogens with zero attached hydrogens (tertiary/aromatic N) is 4. The molecule has 0 spiro atoms. The van der Waals surface area contributed by atoms with Gasteiger partial charge in [-0.15, -0.1) is 10.2 Å². The lowest BCUT2D eigenvalue weighted by atomic mass is 10.1. The lowest BCUT2D eigenvalue weighted by molar-refractivity contribution is 0.0438. The Kier molecular flexibility index (Phi) is 4.72. The molecule has 2 aromatic carbocycles. The zero-order valence-corrected chi connectivity index (χ0v) is 15.5. The van der Waals surface area contributed by atoms with Gasteiger partial charge in [0.15, 0.2) is 6.61 Å². The van der Waals surface area contributed by atoms with Gasteiger partial charge in [-0.25, -0.2) is 9.48 Å². The van der Waals surface area contributed by atoms with Crippen molar-refractivity contribution in [2.75, 3.05) is 0 Å². The second-order valence-corrected chi connectivity index (χ2v) is 6.38. The van der Waals surface area contributed by atoms with Crippen LogP contribution >= 0.6 is 0 Å². The van der Waals surface area contributed by atoms with E-state index in [1.165, 1.54) is 0 Å². The first-order chi connectivity index (χ1) is 13.6. The number of aromatic nitrogens is 4. The molecule has 2 heterocycles. The standard InChI is InChI=1S/C21H18N4O3/c1-14-4-3-5-17(12-14)20-24-23-19(28-20)13-27-21(26)16-6-8-18(9-7-16)25-15(2)10-11-22-25/h3-12H,13H2,1-2H3. The Balaban J connectivity index is 1.40. The maximum Gasteiger partial charge on any atom is 0.338 e. The summed E-state index contributed by atoms with van der Waals surface area (Å²) in [7, 11) is 0. The molecule has 0 aliphatic carbocycles. The minimum atomic E-state index is -0.459. The Labute approximate surface area is 161 Å². The van der Waals surface area contributed by atoms with Crippen molar-refractivity contribution < 1.29 is 13.9 Å². The van der Waals surface area contributed by atoms with Gasteiger partial charge in [0.25, 0.3) is 5.89 Å². The summed E-state index contributed by atoms with van der Waals surface area (Å²) in [6, 6.07) is 16.7. The highest BCUT2D eigenvalue weighted by atomic mass is 16.5. The van der Waals surface area contributed by atoms with Crippen LogP contribution in [0.2, 0.25) is 0 Å². The maximum absolute atomic E-state index is 12.3. The highest BCUT2D eigenvalue weighted by molar-refractivity contribution is 5.89. The fourth-order valence-corrected chi connectivity index (χ4v) is 2.80. The topological polar surface area (TPSA) is 83.0 Å². The number of hydrogen-bond donors (Lipinski definition) is 0. The molecule has 7 heteroatoms. The molecule has 0 atom stereocenters. The molecule has 0 bridgehead atoms. The van der Waals surface area contributed by atoms with Crippen LogP contribution in [0, 0.1) is 13.8 Å². The van der Waals surface area contributed by atoms with Gasteiger partial charge in [0.1, 0.15) is 0 Å². The average Bonchev–Trinajstić information content (AvgIpc) is 3.35. The second-order valence-electron chi connectivity index (χ2n) is 6.38. The van der Waals surface area contributed by atoms with E-state index in [4.69, 9.17) is 9.15 Å². The number of hydrogen-bond acceptors (Lipinski definition) is 6. The Bertz CT molecular complexity index is 1110. The fourth-order valence-electron chi connectivity index (χ4n) is 2.80. The summed E-state index contributed by atoms with van der Waals surface area (Å²) in [5.41, 5.74) is 4.24. The summed E-state index contributed by atoms with van der Waals surface area (Å²) in [6.45, 7) is 3.86. The molecular weight excluding hydrogens is 356 g/mol. The molecule has 0 aliphatic heterocycles. The fraction of sp³-hybridized carbons (Fsp3) is 0.143. The van der Waals surface area contributed by atoms with Gasteiger partial charge < -0.3 is 9.15 Å². The summed E-state index contributed by atoms with van der Waals surface area (Å²) < 4.78 is 12.7. The van der Waals surface area contributed by atoms with Crippen molar-refractivity contribution >= 4 is 5.97 Å². The third kappa shape index (κ3) is 3.68. The lowest BCUT2D eigenvalue weighted by Gasteiger charge is -2.06. The van der Waals surface area contributed by atoms with E-state index in [-0.39, 0.29) is 12.5 Å². The van der Waals surface area contributed by atoms with Crippen molar-refractivity contribution in [2.24, 2.45) is 0 Å². The van der Waals surface area contributed by atoms with E-state index in [0.717, 1.165) is 22.5 Å². The second kappa shape index (κ2) is 7.48. The summed E-state index contributed by atoms with van der Waals surface area (Å²) >= 11 is 0. The number of aryl methyl sites for hydroxylation is 2. The predicted octanol–water partition coefficient (Wildman–Crippen LogP) is 3.90. The first kappa shape index (κ1) is 17.7. The van der Waals surface area contributed by atoms with Gasteiger partial charge in [-0.3, -0.25) is 0 Å². The molecule has 0 N–H and O–H groups in total. The first-order valence-corrected chi connectivity index (χ1v) is 8.78. The van der Waals surface area contributed by atoms with Crippen LogP contribution in [0.1, 0.15) is 27.5 Å². The van der Waals surface area contributed by atoms with Gasteiger partial charge in [0, 0.05) is 17.5 Å². The van der Waals surface area contributed by atoms with Crippen molar-refractivity contribution in [1.29, 1.82) is 0 Å².